The highest BCUT2D eigenvalue weighted by Gasteiger charge is 2.13. The van der Waals surface area contributed by atoms with E-state index in [2.05, 4.69) is 0 Å². The molecule has 4 N–H and O–H groups in total. The van der Waals surface area contributed by atoms with Gasteiger partial charge in [0, 0.05) is 22.5 Å². The number of hydrogen-bond acceptors (Lipinski definition) is 8. The molecule has 0 aliphatic carbocycles. The van der Waals surface area contributed by atoms with Crippen molar-refractivity contribution >= 4 is 33.6 Å². The number of nitrogen functional groups attached to an aromatic ring is 2. The van der Waals surface area contributed by atoms with Gasteiger partial charge < -0.3 is 29.8 Å². The van der Waals surface area contributed by atoms with Crippen LogP contribution in [-0.2, 0) is 0 Å². The Morgan fingerprint density at radius 3 is 1.09 bits per heavy atom. The van der Waals surface area contributed by atoms with Gasteiger partial charge in [0.15, 0.2) is 11.2 Å². The number of benzene rings is 6. The molecule has 0 saturated carbocycles. The Balaban J connectivity index is 1.000. The van der Waals surface area contributed by atoms with E-state index in [4.69, 9.17) is 39.7 Å². The highest BCUT2D eigenvalue weighted by atomic mass is 16.5. The van der Waals surface area contributed by atoms with E-state index in [1.54, 1.807) is 24.3 Å². The van der Waals surface area contributed by atoms with Crippen LogP contribution in [0.5, 0.6) is 23.0 Å². The van der Waals surface area contributed by atoms with Gasteiger partial charge >= 0.3 is 0 Å². The Hall–Kier alpha value is -6.54. The lowest BCUT2D eigenvalue weighted by Gasteiger charge is -2.06. The second-order valence-electron chi connectivity index (χ2n) is 10.8. The zero-order valence-corrected chi connectivity index (χ0v) is 24.4. The molecule has 2 heterocycles. The summed E-state index contributed by atoms with van der Waals surface area (Å²) in [5, 5.41) is 0. The molecule has 0 aliphatic rings. The van der Waals surface area contributed by atoms with Crippen LogP contribution in [0.3, 0.4) is 0 Å². The molecule has 2 aromatic heterocycles. The molecule has 0 unspecified atom stereocenters. The van der Waals surface area contributed by atoms with Gasteiger partial charge in [-0.1, -0.05) is 12.1 Å². The fourth-order valence-electron chi connectivity index (χ4n) is 5.13. The third-order valence-electron chi connectivity index (χ3n) is 7.54. The van der Waals surface area contributed by atoms with Crippen molar-refractivity contribution in [3.05, 3.63) is 133 Å². The fourth-order valence-corrected chi connectivity index (χ4v) is 5.13. The standard InChI is InChI=1S/C38H26N4O4/c39-27-7-15-31(16-8-27)43-29-11-1-23(2-12-29)37-41-33-19-5-25(21-35(33)45-37)26-6-20-34-36(22-26)46-38(42-34)24-3-13-30(14-4-24)44-32-17-9-28(40)10-18-32/h1-22H,39-40H2. The van der Waals surface area contributed by atoms with Crippen LogP contribution in [-0.4, -0.2) is 9.97 Å². The average molecular weight is 603 g/mol. The second kappa shape index (κ2) is 11.2. The lowest BCUT2D eigenvalue weighted by atomic mass is 10.1. The number of fused-ring (bicyclic) bond motifs is 2. The van der Waals surface area contributed by atoms with Crippen LogP contribution < -0.4 is 20.9 Å². The smallest absolute Gasteiger partial charge is 0.227 e. The Labute approximate surface area is 263 Å². The van der Waals surface area contributed by atoms with Crippen molar-refractivity contribution in [3.63, 3.8) is 0 Å². The summed E-state index contributed by atoms with van der Waals surface area (Å²) in [6.45, 7) is 0. The summed E-state index contributed by atoms with van der Waals surface area (Å²) in [6, 6.07) is 41.7. The topological polar surface area (TPSA) is 123 Å². The van der Waals surface area contributed by atoms with E-state index in [1.807, 2.05) is 109 Å². The van der Waals surface area contributed by atoms with Crippen LogP contribution in [0, 0.1) is 0 Å². The summed E-state index contributed by atoms with van der Waals surface area (Å²) in [4.78, 5) is 9.39. The largest absolute Gasteiger partial charge is 0.457 e. The first-order valence-electron chi connectivity index (χ1n) is 14.6. The minimum absolute atomic E-state index is 0.534. The molecule has 6 aromatic carbocycles. The van der Waals surface area contributed by atoms with E-state index < -0.39 is 0 Å². The van der Waals surface area contributed by atoms with Crippen molar-refractivity contribution in [2.45, 2.75) is 0 Å². The van der Waals surface area contributed by atoms with Crippen LogP contribution in [0.25, 0.3) is 56.2 Å². The van der Waals surface area contributed by atoms with E-state index in [-0.39, 0.29) is 0 Å². The van der Waals surface area contributed by atoms with Crippen LogP contribution in [0.15, 0.2) is 142 Å². The number of nitrogens with zero attached hydrogens (tertiary/aromatic N) is 2. The van der Waals surface area contributed by atoms with Gasteiger partial charge in [0.05, 0.1) is 0 Å². The summed E-state index contributed by atoms with van der Waals surface area (Å²) in [7, 11) is 0. The van der Waals surface area contributed by atoms with Crippen LogP contribution in [0.4, 0.5) is 11.4 Å². The van der Waals surface area contributed by atoms with Crippen molar-refractivity contribution in [3.8, 4) is 57.0 Å². The first kappa shape index (κ1) is 27.0. The van der Waals surface area contributed by atoms with Crippen LogP contribution >= 0.6 is 0 Å². The number of rotatable bonds is 7. The lowest BCUT2D eigenvalue weighted by Crippen LogP contribution is -1.86. The predicted octanol–water partition coefficient (Wildman–Crippen LogP) is 9.72. The molecule has 0 radical (unpaired) electrons. The minimum Gasteiger partial charge on any atom is -0.457 e. The maximum absolute atomic E-state index is 6.17. The van der Waals surface area contributed by atoms with Gasteiger partial charge in [-0.25, -0.2) is 9.97 Å². The minimum atomic E-state index is 0.534. The zero-order valence-electron chi connectivity index (χ0n) is 24.4. The summed E-state index contributed by atoms with van der Waals surface area (Å²) >= 11 is 0. The predicted molar refractivity (Wildman–Crippen MR) is 180 cm³/mol. The van der Waals surface area contributed by atoms with Gasteiger partial charge in [-0.2, -0.15) is 0 Å². The summed E-state index contributed by atoms with van der Waals surface area (Å²) < 4.78 is 24.2. The van der Waals surface area contributed by atoms with E-state index in [0.29, 0.717) is 57.3 Å². The summed E-state index contributed by atoms with van der Waals surface area (Å²) in [5.74, 6) is 3.91. The van der Waals surface area contributed by atoms with Crippen molar-refractivity contribution in [2.75, 3.05) is 11.5 Å². The van der Waals surface area contributed by atoms with Crippen LogP contribution in [0.2, 0.25) is 0 Å². The van der Waals surface area contributed by atoms with E-state index in [1.165, 1.54) is 0 Å². The molecular weight excluding hydrogens is 576 g/mol. The van der Waals surface area contributed by atoms with Crippen LogP contribution in [0.1, 0.15) is 0 Å². The Morgan fingerprint density at radius 1 is 0.391 bits per heavy atom. The molecule has 8 aromatic rings. The fraction of sp³-hybridized carbons (Fsp3) is 0. The van der Waals surface area contributed by atoms with Crippen molar-refractivity contribution in [1.29, 1.82) is 0 Å². The number of nitrogens with two attached hydrogens (primary N) is 2. The third kappa shape index (κ3) is 5.46. The molecule has 0 spiro atoms. The molecule has 0 saturated heterocycles. The van der Waals surface area contributed by atoms with Crippen molar-refractivity contribution < 1.29 is 18.3 Å². The van der Waals surface area contributed by atoms with Gasteiger partial charge in [0.1, 0.15) is 34.0 Å². The Morgan fingerprint density at radius 2 is 0.717 bits per heavy atom. The van der Waals surface area contributed by atoms with E-state index in [9.17, 15) is 0 Å². The maximum atomic E-state index is 6.17. The normalized spacial score (nSPS) is 11.2. The third-order valence-corrected chi connectivity index (χ3v) is 7.54. The molecule has 0 atom stereocenters. The Kier molecular flexibility index (Phi) is 6.58. The van der Waals surface area contributed by atoms with Gasteiger partial charge in [-0.05, 0) is 132 Å². The van der Waals surface area contributed by atoms with Gasteiger partial charge in [-0.3, -0.25) is 0 Å². The molecule has 0 aliphatic heterocycles. The zero-order chi connectivity index (χ0) is 31.0. The SMILES string of the molecule is Nc1ccc(Oc2ccc(-c3nc4ccc(-c5ccc6nc(-c7ccc(Oc8ccc(N)cc8)cc7)oc6c5)cc4o3)cc2)cc1. The van der Waals surface area contributed by atoms with Gasteiger partial charge in [-0.15, -0.1) is 0 Å². The first-order chi connectivity index (χ1) is 22.5. The summed E-state index contributed by atoms with van der Waals surface area (Å²) in [5.41, 5.74) is 19.5. The number of ether oxygens (including phenoxy) is 2. The molecule has 8 rings (SSSR count). The molecule has 8 nitrogen and oxygen atoms in total. The molecule has 8 heteroatoms. The Bertz CT molecular complexity index is 2140. The van der Waals surface area contributed by atoms with Gasteiger partial charge in [0.2, 0.25) is 11.8 Å². The lowest BCUT2D eigenvalue weighted by molar-refractivity contribution is 0.482. The van der Waals surface area contributed by atoms with Crippen molar-refractivity contribution in [1.82, 2.24) is 9.97 Å². The van der Waals surface area contributed by atoms with Crippen molar-refractivity contribution in [2.24, 2.45) is 0 Å². The quantitative estimate of drug-likeness (QED) is 0.173. The van der Waals surface area contributed by atoms with E-state index in [0.717, 1.165) is 33.3 Å². The second-order valence-corrected chi connectivity index (χ2v) is 10.8. The molecule has 0 bridgehead atoms. The average Bonchev–Trinajstić information content (AvgIpc) is 3.71. The van der Waals surface area contributed by atoms with E-state index >= 15 is 0 Å². The molecule has 46 heavy (non-hydrogen) atoms. The number of anilines is 2. The molecule has 222 valence electrons. The number of oxazole rings is 2. The summed E-state index contributed by atoms with van der Waals surface area (Å²) in [6.07, 6.45) is 0. The van der Waals surface area contributed by atoms with Gasteiger partial charge in [0.25, 0.3) is 0 Å². The molecule has 0 amide bonds. The maximum Gasteiger partial charge on any atom is 0.227 e. The first-order valence-corrected chi connectivity index (χ1v) is 14.6. The number of aromatic nitrogens is 2. The monoisotopic (exact) mass is 602 g/mol. The molecule has 0 fully saturated rings. The molecular formula is C38H26N4O4. The highest BCUT2D eigenvalue weighted by molar-refractivity contribution is 5.86. The number of hydrogen-bond donors (Lipinski definition) is 2. The highest BCUT2D eigenvalue weighted by Crippen LogP contribution is 2.33.